The predicted molar refractivity (Wildman–Crippen MR) is 73.2 cm³/mol. The SMILES string of the molecule is Nc1cc(F)c(Nc2ccc(Br)cc2Cl)c(F)c1. The summed E-state index contributed by atoms with van der Waals surface area (Å²) in [5.74, 6) is -1.54. The Morgan fingerprint density at radius 3 is 2.28 bits per heavy atom. The van der Waals surface area contributed by atoms with Crippen LogP contribution >= 0.6 is 27.5 Å². The van der Waals surface area contributed by atoms with E-state index in [-0.39, 0.29) is 11.4 Å². The summed E-state index contributed by atoms with van der Waals surface area (Å²) in [4.78, 5) is 0. The summed E-state index contributed by atoms with van der Waals surface area (Å²) in [6, 6.07) is 7.02. The Morgan fingerprint density at radius 2 is 1.72 bits per heavy atom. The fraction of sp³-hybridized carbons (Fsp3) is 0. The van der Waals surface area contributed by atoms with E-state index in [1.807, 2.05) is 0 Å². The first-order valence-electron chi connectivity index (χ1n) is 4.94. The molecule has 0 saturated heterocycles. The van der Waals surface area contributed by atoms with Crippen LogP contribution in [-0.4, -0.2) is 0 Å². The average Bonchev–Trinajstić information content (AvgIpc) is 2.25. The van der Waals surface area contributed by atoms with E-state index < -0.39 is 11.6 Å². The van der Waals surface area contributed by atoms with E-state index in [0.717, 1.165) is 16.6 Å². The lowest BCUT2D eigenvalue weighted by Crippen LogP contribution is -2.00. The van der Waals surface area contributed by atoms with E-state index >= 15 is 0 Å². The van der Waals surface area contributed by atoms with Gasteiger partial charge in [0.05, 0.1) is 10.7 Å². The molecule has 6 heteroatoms. The summed E-state index contributed by atoms with van der Waals surface area (Å²) in [5.41, 5.74) is 5.48. The third-order valence-electron chi connectivity index (χ3n) is 2.26. The molecule has 0 saturated carbocycles. The second kappa shape index (κ2) is 5.12. The van der Waals surface area contributed by atoms with Crippen LogP contribution in [0, 0.1) is 11.6 Å². The molecule has 0 unspecified atom stereocenters. The van der Waals surface area contributed by atoms with E-state index in [0.29, 0.717) is 10.7 Å². The largest absolute Gasteiger partial charge is 0.399 e. The van der Waals surface area contributed by atoms with Crippen LogP contribution in [0.1, 0.15) is 0 Å². The van der Waals surface area contributed by atoms with E-state index in [1.165, 1.54) is 0 Å². The summed E-state index contributed by atoms with van der Waals surface area (Å²) in [7, 11) is 0. The molecule has 0 bridgehead atoms. The molecule has 0 radical (unpaired) electrons. The van der Waals surface area contributed by atoms with Crippen molar-refractivity contribution in [2.75, 3.05) is 11.1 Å². The topological polar surface area (TPSA) is 38.0 Å². The first-order chi connectivity index (χ1) is 8.47. The highest BCUT2D eigenvalue weighted by Crippen LogP contribution is 2.31. The van der Waals surface area contributed by atoms with Crippen molar-refractivity contribution in [1.82, 2.24) is 0 Å². The molecule has 18 heavy (non-hydrogen) atoms. The Morgan fingerprint density at radius 1 is 1.11 bits per heavy atom. The maximum Gasteiger partial charge on any atom is 0.151 e. The minimum absolute atomic E-state index is 0.0254. The minimum atomic E-state index is -0.772. The van der Waals surface area contributed by atoms with Crippen molar-refractivity contribution in [3.8, 4) is 0 Å². The number of halogens is 4. The number of nitrogen functional groups attached to an aromatic ring is 1. The second-order valence-electron chi connectivity index (χ2n) is 3.61. The molecule has 2 nitrogen and oxygen atoms in total. The smallest absolute Gasteiger partial charge is 0.151 e. The lowest BCUT2D eigenvalue weighted by molar-refractivity contribution is 0.592. The Hall–Kier alpha value is -1.33. The maximum absolute atomic E-state index is 13.6. The van der Waals surface area contributed by atoms with Crippen molar-refractivity contribution >= 4 is 44.6 Å². The molecule has 0 atom stereocenters. The first-order valence-corrected chi connectivity index (χ1v) is 6.11. The van der Waals surface area contributed by atoms with Gasteiger partial charge >= 0.3 is 0 Å². The Bertz CT molecular complexity index is 582. The molecule has 0 aliphatic heterocycles. The molecule has 0 spiro atoms. The van der Waals surface area contributed by atoms with Crippen LogP contribution < -0.4 is 11.1 Å². The summed E-state index contributed by atoms with van der Waals surface area (Å²) in [5, 5.41) is 2.95. The number of hydrogen-bond donors (Lipinski definition) is 2. The van der Waals surface area contributed by atoms with Gasteiger partial charge in [0.25, 0.3) is 0 Å². The molecule has 0 aliphatic carbocycles. The quantitative estimate of drug-likeness (QED) is 0.781. The molecule has 0 amide bonds. The van der Waals surface area contributed by atoms with Gasteiger partial charge in [-0.05, 0) is 30.3 Å². The summed E-state index contributed by atoms with van der Waals surface area (Å²) in [6.45, 7) is 0. The summed E-state index contributed by atoms with van der Waals surface area (Å²) in [6.07, 6.45) is 0. The Balaban J connectivity index is 2.40. The molecule has 2 aromatic rings. The number of nitrogens with one attached hydrogen (secondary N) is 1. The molecular formula is C12H8BrClF2N2. The van der Waals surface area contributed by atoms with Gasteiger partial charge in [0.1, 0.15) is 5.69 Å². The Kier molecular flexibility index (Phi) is 3.73. The standard InChI is InChI=1S/C12H8BrClF2N2/c13-6-1-2-11(8(14)3-6)18-12-9(15)4-7(17)5-10(12)16/h1-5,18H,17H2. The molecule has 0 aliphatic rings. The summed E-state index contributed by atoms with van der Waals surface area (Å²) >= 11 is 9.20. The van der Waals surface area contributed by atoms with Crippen molar-refractivity contribution in [3.63, 3.8) is 0 Å². The van der Waals surface area contributed by atoms with Crippen LogP contribution in [0.5, 0.6) is 0 Å². The molecule has 0 heterocycles. The van der Waals surface area contributed by atoms with Crippen LogP contribution in [0.2, 0.25) is 5.02 Å². The number of anilines is 3. The highest BCUT2D eigenvalue weighted by atomic mass is 79.9. The highest BCUT2D eigenvalue weighted by Gasteiger charge is 2.12. The van der Waals surface area contributed by atoms with Crippen molar-refractivity contribution in [2.24, 2.45) is 0 Å². The zero-order valence-corrected chi connectivity index (χ0v) is 11.3. The molecule has 0 aromatic heterocycles. The zero-order valence-electron chi connectivity index (χ0n) is 8.98. The first kappa shape index (κ1) is 13.1. The molecule has 2 aromatic carbocycles. The maximum atomic E-state index is 13.6. The predicted octanol–water partition coefficient (Wildman–Crippen LogP) is 4.71. The average molecular weight is 334 g/mol. The number of benzene rings is 2. The third kappa shape index (κ3) is 2.73. The summed E-state index contributed by atoms with van der Waals surface area (Å²) < 4.78 is 27.9. The van der Waals surface area contributed by atoms with Gasteiger partial charge in [-0.25, -0.2) is 8.78 Å². The van der Waals surface area contributed by atoms with E-state index in [1.54, 1.807) is 18.2 Å². The molecule has 3 N–H and O–H groups in total. The van der Waals surface area contributed by atoms with Crippen LogP contribution in [0.4, 0.5) is 25.8 Å². The Labute approximate surface area is 116 Å². The molecule has 0 fully saturated rings. The molecular weight excluding hydrogens is 325 g/mol. The number of nitrogens with two attached hydrogens (primary N) is 1. The van der Waals surface area contributed by atoms with E-state index in [2.05, 4.69) is 21.2 Å². The van der Waals surface area contributed by atoms with Gasteiger partial charge in [-0.1, -0.05) is 27.5 Å². The lowest BCUT2D eigenvalue weighted by atomic mass is 10.2. The van der Waals surface area contributed by atoms with Crippen LogP contribution in [0.25, 0.3) is 0 Å². The molecule has 2 rings (SSSR count). The lowest BCUT2D eigenvalue weighted by Gasteiger charge is -2.11. The van der Waals surface area contributed by atoms with Gasteiger partial charge < -0.3 is 11.1 Å². The third-order valence-corrected chi connectivity index (χ3v) is 3.06. The van der Waals surface area contributed by atoms with Gasteiger partial charge in [0, 0.05) is 10.2 Å². The van der Waals surface area contributed by atoms with Gasteiger partial charge in [-0.3, -0.25) is 0 Å². The van der Waals surface area contributed by atoms with Crippen LogP contribution in [-0.2, 0) is 0 Å². The second-order valence-corrected chi connectivity index (χ2v) is 4.93. The van der Waals surface area contributed by atoms with Crippen molar-refractivity contribution in [3.05, 3.63) is 51.5 Å². The van der Waals surface area contributed by atoms with Crippen molar-refractivity contribution < 1.29 is 8.78 Å². The minimum Gasteiger partial charge on any atom is -0.399 e. The van der Waals surface area contributed by atoms with Gasteiger partial charge in [-0.2, -0.15) is 0 Å². The van der Waals surface area contributed by atoms with E-state index in [9.17, 15) is 8.78 Å². The van der Waals surface area contributed by atoms with Gasteiger partial charge in [-0.15, -0.1) is 0 Å². The van der Waals surface area contributed by atoms with Gasteiger partial charge in [0.2, 0.25) is 0 Å². The highest BCUT2D eigenvalue weighted by molar-refractivity contribution is 9.10. The number of hydrogen-bond acceptors (Lipinski definition) is 2. The molecule has 94 valence electrons. The van der Waals surface area contributed by atoms with E-state index in [4.69, 9.17) is 17.3 Å². The fourth-order valence-electron chi connectivity index (χ4n) is 1.44. The zero-order chi connectivity index (χ0) is 13.3. The number of rotatable bonds is 2. The van der Waals surface area contributed by atoms with Crippen LogP contribution in [0.3, 0.4) is 0 Å². The van der Waals surface area contributed by atoms with Crippen molar-refractivity contribution in [1.29, 1.82) is 0 Å². The fourth-order valence-corrected chi connectivity index (χ4v) is 2.16. The monoisotopic (exact) mass is 332 g/mol. The van der Waals surface area contributed by atoms with Crippen molar-refractivity contribution in [2.45, 2.75) is 0 Å². The van der Waals surface area contributed by atoms with Crippen LogP contribution in [0.15, 0.2) is 34.8 Å². The van der Waals surface area contributed by atoms with Gasteiger partial charge in [0.15, 0.2) is 11.6 Å². The normalized spacial score (nSPS) is 10.4.